The molecule has 9 heavy (non-hydrogen) atoms. The van der Waals surface area contributed by atoms with E-state index in [0.717, 1.165) is 0 Å². The molecule has 0 radical (unpaired) electrons. The summed E-state index contributed by atoms with van der Waals surface area (Å²) in [4.78, 5) is 0. The molecule has 0 aliphatic rings. The van der Waals surface area contributed by atoms with E-state index in [1.54, 1.807) is 0 Å². The SMILES string of the molecule is CCS(=O)(=O)O.CNC. The molecule has 0 heterocycles. The van der Waals surface area contributed by atoms with Crippen molar-refractivity contribution < 1.29 is 13.0 Å². The van der Waals surface area contributed by atoms with Crippen LogP contribution in [0.3, 0.4) is 0 Å². The zero-order chi connectivity index (χ0) is 7.91. The molecule has 0 aromatic rings. The van der Waals surface area contributed by atoms with Crippen LogP contribution in [0.15, 0.2) is 0 Å². The minimum absolute atomic E-state index is 0.201. The zero-order valence-corrected chi connectivity index (χ0v) is 6.70. The van der Waals surface area contributed by atoms with Crippen molar-refractivity contribution in [3.63, 3.8) is 0 Å². The monoisotopic (exact) mass is 155 g/mol. The fraction of sp³-hybridized carbons (Fsp3) is 1.00. The van der Waals surface area contributed by atoms with Gasteiger partial charge in [-0.3, -0.25) is 4.55 Å². The van der Waals surface area contributed by atoms with Crippen LogP contribution in [-0.4, -0.2) is 32.8 Å². The highest BCUT2D eigenvalue weighted by atomic mass is 32.2. The second-order valence-corrected chi connectivity index (χ2v) is 3.11. The third kappa shape index (κ3) is 32.9. The van der Waals surface area contributed by atoms with Crippen molar-refractivity contribution in [3.8, 4) is 0 Å². The summed E-state index contributed by atoms with van der Waals surface area (Å²) < 4.78 is 26.9. The molecule has 0 saturated heterocycles. The number of rotatable bonds is 1. The summed E-state index contributed by atoms with van der Waals surface area (Å²) in [5.41, 5.74) is 0. The van der Waals surface area contributed by atoms with Crippen LogP contribution in [-0.2, 0) is 10.1 Å². The lowest BCUT2D eigenvalue weighted by atomic mass is 11.0. The Kier molecular flexibility index (Phi) is 7.76. The standard InChI is InChI=1S/C2H7N.C2H6O3S/c1-3-2;1-2-6(3,4)5/h3H,1-2H3;2H2,1H3,(H,3,4,5). The van der Waals surface area contributed by atoms with Gasteiger partial charge in [0.15, 0.2) is 0 Å². The Balaban J connectivity index is 0. The van der Waals surface area contributed by atoms with Crippen LogP contribution in [0.25, 0.3) is 0 Å². The zero-order valence-electron chi connectivity index (χ0n) is 5.88. The summed E-state index contributed by atoms with van der Waals surface area (Å²) >= 11 is 0. The summed E-state index contributed by atoms with van der Waals surface area (Å²) in [7, 11) is 0.0880. The quantitative estimate of drug-likeness (QED) is 0.511. The molecule has 0 amide bonds. The van der Waals surface area contributed by atoms with Crippen molar-refractivity contribution in [1.29, 1.82) is 0 Å². The van der Waals surface area contributed by atoms with E-state index in [1.807, 2.05) is 14.1 Å². The van der Waals surface area contributed by atoms with E-state index >= 15 is 0 Å². The molecular formula is C4H13NO3S. The maximum atomic E-state index is 9.56. The lowest BCUT2D eigenvalue weighted by Crippen LogP contribution is -1.97. The average Bonchev–Trinajstić information content (AvgIpc) is 1.67. The van der Waals surface area contributed by atoms with Crippen molar-refractivity contribution in [1.82, 2.24) is 5.32 Å². The van der Waals surface area contributed by atoms with Crippen LogP contribution in [0, 0.1) is 0 Å². The summed E-state index contributed by atoms with van der Waals surface area (Å²) in [6, 6.07) is 0. The molecule has 58 valence electrons. The first-order valence-electron chi connectivity index (χ1n) is 2.51. The first-order valence-corrected chi connectivity index (χ1v) is 4.12. The first kappa shape index (κ1) is 11.6. The van der Waals surface area contributed by atoms with Gasteiger partial charge >= 0.3 is 0 Å². The fourth-order valence-corrected chi connectivity index (χ4v) is 0. The molecule has 0 atom stereocenters. The highest BCUT2D eigenvalue weighted by molar-refractivity contribution is 7.85. The molecular weight excluding hydrogens is 142 g/mol. The molecule has 0 aromatic carbocycles. The lowest BCUT2D eigenvalue weighted by Gasteiger charge is -1.79. The number of nitrogens with one attached hydrogen (secondary N) is 1. The second kappa shape index (κ2) is 6.00. The van der Waals surface area contributed by atoms with Crippen LogP contribution in [0.5, 0.6) is 0 Å². The van der Waals surface area contributed by atoms with Crippen LogP contribution >= 0.6 is 0 Å². The molecule has 0 bridgehead atoms. The fourth-order valence-electron chi connectivity index (χ4n) is 0. The molecule has 4 nitrogen and oxygen atoms in total. The van der Waals surface area contributed by atoms with E-state index in [9.17, 15) is 8.42 Å². The van der Waals surface area contributed by atoms with Crippen LogP contribution in [0.2, 0.25) is 0 Å². The van der Waals surface area contributed by atoms with Crippen molar-refractivity contribution in [2.75, 3.05) is 19.8 Å². The van der Waals surface area contributed by atoms with Gasteiger partial charge in [-0.05, 0) is 21.0 Å². The maximum Gasteiger partial charge on any atom is 0.264 e. The highest BCUT2D eigenvalue weighted by Gasteiger charge is 1.93. The van der Waals surface area contributed by atoms with Crippen LogP contribution < -0.4 is 5.32 Å². The minimum Gasteiger partial charge on any atom is -0.323 e. The van der Waals surface area contributed by atoms with Crippen molar-refractivity contribution in [2.24, 2.45) is 0 Å². The van der Waals surface area contributed by atoms with Gasteiger partial charge in [0, 0.05) is 0 Å². The lowest BCUT2D eigenvalue weighted by molar-refractivity contribution is 0.484. The van der Waals surface area contributed by atoms with Crippen molar-refractivity contribution >= 4 is 10.1 Å². The van der Waals surface area contributed by atoms with E-state index < -0.39 is 10.1 Å². The summed E-state index contributed by atoms with van der Waals surface area (Å²) in [6.45, 7) is 1.37. The summed E-state index contributed by atoms with van der Waals surface area (Å²) in [6.07, 6.45) is 0. The molecule has 2 N–H and O–H groups in total. The van der Waals surface area contributed by atoms with Gasteiger partial charge in [-0.1, -0.05) is 0 Å². The topological polar surface area (TPSA) is 66.4 Å². The Bertz CT molecular complexity index is 129. The molecule has 5 heteroatoms. The molecule has 0 aliphatic carbocycles. The minimum atomic E-state index is -3.66. The van der Waals surface area contributed by atoms with E-state index in [2.05, 4.69) is 5.32 Å². The second-order valence-electron chi connectivity index (χ2n) is 1.37. The van der Waals surface area contributed by atoms with Gasteiger partial charge in [-0.25, -0.2) is 0 Å². The van der Waals surface area contributed by atoms with Gasteiger partial charge < -0.3 is 5.32 Å². The maximum absolute atomic E-state index is 9.56. The van der Waals surface area contributed by atoms with Gasteiger partial charge in [0.1, 0.15) is 0 Å². The van der Waals surface area contributed by atoms with Gasteiger partial charge in [0.2, 0.25) is 0 Å². The molecule has 0 saturated carbocycles. The molecule has 0 spiro atoms. The first-order chi connectivity index (χ1) is 3.97. The van der Waals surface area contributed by atoms with E-state index in [0.29, 0.717) is 0 Å². The molecule has 0 rings (SSSR count). The van der Waals surface area contributed by atoms with Crippen molar-refractivity contribution in [3.05, 3.63) is 0 Å². The number of hydrogen-bond acceptors (Lipinski definition) is 3. The Morgan fingerprint density at radius 3 is 1.56 bits per heavy atom. The highest BCUT2D eigenvalue weighted by Crippen LogP contribution is 1.74. The largest absolute Gasteiger partial charge is 0.323 e. The normalized spacial score (nSPS) is 9.78. The van der Waals surface area contributed by atoms with Gasteiger partial charge in [-0.15, -0.1) is 0 Å². The summed E-state index contributed by atoms with van der Waals surface area (Å²) in [5, 5.41) is 2.75. The Morgan fingerprint density at radius 1 is 1.44 bits per heavy atom. The number of hydrogen-bond donors (Lipinski definition) is 2. The predicted octanol–water partition coefficient (Wildman–Crippen LogP) is -0.270. The Hall–Kier alpha value is -0.130. The van der Waals surface area contributed by atoms with Crippen molar-refractivity contribution in [2.45, 2.75) is 6.92 Å². The third-order valence-corrected chi connectivity index (χ3v) is 1.09. The smallest absolute Gasteiger partial charge is 0.264 e. The van der Waals surface area contributed by atoms with E-state index in [-0.39, 0.29) is 5.75 Å². The summed E-state index contributed by atoms with van der Waals surface area (Å²) in [5.74, 6) is -0.201. The van der Waals surface area contributed by atoms with Gasteiger partial charge in [0.25, 0.3) is 10.1 Å². The molecule has 0 aliphatic heterocycles. The van der Waals surface area contributed by atoms with Gasteiger partial charge in [-0.2, -0.15) is 8.42 Å². The Labute approximate surface area is 56.0 Å². The molecule has 0 fully saturated rings. The molecule has 0 unspecified atom stereocenters. The third-order valence-electron chi connectivity index (χ3n) is 0.365. The van der Waals surface area contributed by atoms with Crippen LogP contribution in [0.4, 0.5) is 0 Å². The molecule has 0 aromatic heterocycles. The van der Waals surface area contributed by atoms with Crippen LogP contribution in [0.1, 0.15) is 6.92 Å². The predicted molar refractivity (Wildman–Crippen MR) is 37.1 cm³/mol. The Morgan fingerprint density at radius 2 is 1.56 bits per heavy atom. The van der Waals surface area contributed by atoms with E-state index in [1.165, 1.54) is 6.92 Å². The van der Waals surface area contributed by atoms with E-state index in [4.69, 9.17) is 4.55 Å². The van der Waals surface area contributed by atoms with Gasteiger partial charge in [0.05, 0.1) is 5.75 Å². The average molecular weight is 155 g/mol.